The summed E-state index contributed by atoms with van der Waals surface area (Å²) in [4.78, 5) is 27.4. The highest BCUT2D eigenvalue weighted by atomic mass is 19.1. The second-order valence-electron chi connectivity index (χ2n) is 8.52. The largest absolute Gasteiger partial charge is 0.508 e. The first-order valence-electron chi connectivity index (χ1n) is 10.9. The Labute approximate surface area is 190 Å². The number of benzene rings is 2. The third-order valence-corrected chi connectivity index (χ3v) is 6.18. The molecule has 3 heterocycles. The number of aromatic hydroxyl groups is 1. The summed E-state index contributed by atoms with van der Waals surface area (Å²) in [5.41, 5.74) is 2.43. The van der Waals surface area contributed by atoms with Crippen LogP contribution in [0.5, 0.6) is 5.75 Å². The van der Waals surface area contributed by atoms with E-state index in [2.05, 4.69) is 15.7 Å². The highest BCUT2D eigenvalue weighted by molar-refractivity contribution is 5.97. The molecule has 3 atom stereocenters. The van der Waals surface area contributed by atoms with E-state index in [-0.39, 0.29) is 29.4 Å². The molecule has 0 aliphatic carbocycles. The van der Waals surface area contributed by atoms with E-state index in [1.165, 1.54) is 12.1 Å². The van der Waals surface area contributed by atoms with Gasteiger partial charge in [-0.1, -0.05) is 18.2 Å². The van der Waals surface area contributed by atoms with E-state index >= 15 is 0 Å². The normalized spacial score (nSPS) is 22.3. The lowest BCUT2D eigenvalue weighted by atomic mass is 10.0. The van der Waals surface area contributed by atoms with Gasteiger partial charge in [-0.05, 0) is 42.3 Å². The van der Waals surface area contributed by atoms with E-state index in [4.69, 9.17) is 0 Å². The number of rotatable bonds is 6. The molecule has 170 valence electrons. The van der Waals surface area contributed by atoms with Crippen LogP contribution in [0.15, 0.2) is 60.9 Å². The zero-order chi connectivity index (χ0) is 22.9. The molecule has 2 aromatic carbocycles. The molecule has 9 heteroatoms. The Balaban J connectivity index is 1.20. The number of carbonyl (C=O) groups excluding carboxylic acids is 2. The van der Waals surface area contributed by atoms with Crippen LogP contribution in [0.1, 0.15) is 17.5 Å². The number of phenolic OH excluding ortho intramolecular Hbond substituents is 1. The lowest BCUT2D eigenvalue weighted by molar-refractivity contribution is -0.147. The van der Waals surface area contributed by atoms with Crippen molar-refractivity contribution in [3.63, 3.8) is 0 Å². The number of aromatic nitrogens is 2. The number of phenols is 1. The molecule has 2 amide bonds. The monoisotopic (exact) mass is 449 g/mol. The van der Waals surface area contributed by atoms with Crippen molar-refractivity contribution >= 4 is 11.8 Å². The molecule has 33 heavy (non-hydrogen) atoms. The first-order valence-corrected chi connectivity index (χ1v) is 10.9. The van der Waals surface area contributed by atoms with Gasteiger partial charge in [-0.2, -0.15) is 5.10 Å². The molecule has 0 bridgehead atoms. The van der Waals surface area contributed by atoms with Crippen LogP contribution in [0.2, 0.25) is 0 Å². The minimum Gasteiger partial charge on any atom is -0.508 e. The molecule has 3 N–H and O–H groups in total. The predicted molar refractivity (Wildman–Crippen MR) is 118 cm³/mol. The summed E-state index contributed by atoms with van der Waals surface area (Å²) in [5.74, 6) is -0.387. The SMILES string of the molecule is O=C1N[C@@H](Cc2ccc(O)cc2)C(=O)N2C[C@@H](NCc3cnn(-c4cccc(F)c4)c3)C[C@@H]12. The minimum atomic E-state index is -0.610. The molecule has 3 aromatic rings. The van der Waals surface area contributed by atoms with Crippen LogP contribution < -0.4 is 10.6 Å². The zero-order valence-corrected chi connectivity index (χ0v) is 17.8. The topological polar surface area (TPSA) is 99.5 Å². The van der Waals surface area contributed by atoms with Gasteiger partial charge in [0.25, 0.3) is 0 Å². The maximum Gasteiger partial charge on any atom is 0.246 e. The standard InChI is InChI=1S/C24H24FN5O3/c25-17-2-1-3-19(9-17)30-13-16(12-27-30)11-26-18-10-22-23(32)28-21(24(33)29(22)14-18)8-15-4-6-20(31)7-5-15/h1-7,9,12-13,18,21-22,26,31H,8,10-11,14H2,(H,28,32)/t18-,21-,22-/m0/s1. The Morgan fingerprint density at radius 1 is 1.15 bits per heavy atom. The summed E-state index contributed by atoms with van der Waals surface area (Å²) in [7, 11) is 0. The fraction of sp³-hybridized carbons (Fsp3) is 0.292. The molecular weight excluding hydrogens is 425 g/mol. The number of nitrogens with one attached hydrogen (secondary N) is 2. The third-order valence-electron chi connectivity index (χ3n) is 6.18. The number of fused-ring (bicyclic) bond motifs is 1. The summed E-state index contributed by atoms with van der Waals surface area (Å²) < 4.78 is 15.1. The Bertz CT molecular complexity index is 1180. The smallest absolute Gasteiger partial charge is 0.246 e. The van der Waals surface area contributed by atoms with Crippen molar-refractivity contribution in [3.8, 4) is 11.4 Å². The van der Waals surface area contributed by atoms with Crippen LogP contribution in [0, 0.1) is 5.82 Å². The van der Waals surface area contributed by atoms with Crippen LogP contribution >= 0.6 is 0 Å². The van der Waals surface area contributed by atoms with Crippen LogP contribution in [0.4, 0.5) is 4.39 Å². The first-order chi connectivity index (χ1) is 16.0. The van der Waals surface area contributed by atoms with Gasteiger partial charge in [0.1, 0.15) is 23.7 Å². The fourth-order valence-electron chi connectivity index (χ4n) is 4.49. The van der Waals surface area contributed by atoms with Gasteiger partial charge in [0.15, 0.2) is 0 Å². The van der Waals surface area contributed by atoms with Crippen molar-refractivity contribution in [2.75, 3.05) is 6.54 Å². The van der Waals surface area contributed by atoms with Gasteiger partial charge < -0.3 is 20.6 Å². The molecule has 0 radical (unpaired) electrons. The Kier molecular flexibility index (Phi) is 5.55. The quantitative estimate of drug-likeness (QED) is 0.530. The Morgan fingerprint density at radius 3 is 2.76 bits per heavy atom. The van der Waals surface area contributed by atoms with E-state index in [0.717, 1.165) is 11.1 Å². The summed E-state index contributed by atoms with van der Waals surface area (Å²) >= 11 is 0. The van der Waals surface area contributed by atoms with Crippen molar-refractivity contribution < 1.29 is 19.1 Å². The summed E-state index contributed by atoms with van der Waals surface area (Å²) in [6.45, 7) is 0.980. The summed E-state index contributed by atoms with van der Waals surface area (Å²) in [6.07, 6.45) is 4.47. The minimum absolute atomic E-state index is 0.0188. The van der Waals surface area contributed by atoms with Gasteiger partial charge in [0.05, 0.1) is 11.9 Å². The highest BCUT2D eigenvalue weighted by Gasteiger charge is 2.46. The van der Waals surface area contributed by atoms with E-state index in [1.54, 1.807) is 52.2 Å². The van der Waals surface area contributed by atoms with Gasteiger partial charge >= 0.3 is 0 Å². The van der Waals surface area contributed by atoms with Crippen LogP contribution in [0.25, 0.3) is 5.69 Å². The van der Waals surface area contributed by atoms with Crippen molar-refractivity contribution in [2.45, 2.75) is 37.5 Å². The molecule has 8 nitrogen and oxygen atoms in total. The number of amides is 2. The molecule has 5 rings (SSSR count). The molecule has 2 aliphatic rings. The van der Waals surface area contributed by atoms with Gasteiger partial charge in [-0.3, -0.25) is 9.59 Å². The molecule has 0 spiro atoms. The fourth-order valence-corrected chi connectivity index (χ4v) is 4.49. The Morgan fingerprint density at radius 2 is 1.97 bits per heavy atom. The molecule has 0 unspecified atom stereocenters. The maximum atomic E-state index is 13.5. The van der Waals surface area contributed by atoms with Crippen molar-refractivity contribution in [2.24, 2.45) is 0 Å². The van der Waals surface area contributed by atoms with Gasteiger partial charge in [0.2, 0.25) is 11.8 Å². The summed E-state index contributed by atoms with van der Waals surface area (Å²) in [6, 6.07) is 11.8. The number of hydrogen-bond acceptors (Lipinski definition) is 5. The number of halogens is 1. The number of carbonyl (C=O) groups is 2. The third kappa shape index (κ3) is 4.45. The number of piperazine rings is 1. The van der Waals surface area contributed by atoms with Crippen LogP contribution in [-0.4, -0.2) is 56.3 Å². The van der Waals surface area contributed by atoms with E-state index in [9.17, 15) is 19.1 Å². The molecule has 2 aliphatic heterocycles. The molecule has 0 saturated carbocycles. The van der Waals surface area contributed by atoms with E-state index in [0.29, 0.717) is 31.6 Å². The average molecular weight is 449 g/mol. The van der Waals surface area contributed by atoms with Crippen molar-refractivity contribution in [1.82, 2.24) is 25.3 Å². The van der Waals surface area contributed by atoms with E-state index < -0.39 is 12.1 Å². The van der Waals surface area contributed by atoms with Crippen LogP contribution in [0.3, 0.4) is 0 Å². The lowest BCUT2D eigenvalue weighted by Crippen LogP contribution is -2.61. The second-order valence-corrected chi connectivity index (χ2v) is 8.52. The second kappa shape index (κ2) is 8.67. The first kappa shape index (κ1) is 21.1. The van der Waals surface area contributed by atoms with Crippen LogP contribution in [-0.2, 0) is 22.6 Å². The maximum absolute atomic E-state index is 13.5. The highest BCUT2D eigenvalue weighted by Crippen LogP contribution is 2.24. The van der Waals surface area contributed by atoms with E-state index in [1.807, 2.05) is 6.20 Å². The molecule has 2 fully saturated rings. The summed E-state index contributed by atoms with van der Waals surface area (Å²) in [5, 5.41) is 20.0. The lowest BCUT2D eigenvalue weighted by Gasteiger charge is -2.34. The predicted octanol–water partition coefficient (Wildman–Crippen LogP) is 1.52. The molecule has 1 aromatic heterocycles. The zero-order valence-electron chi connectivity index (χ0n) is 17.8. The molecule has 2 saturated heterocycles. The molecular formula is C24H24FN5O3. The van der Waals surface area contributed by atoms with Gasteiger partial charge in [0, 0.05) is 37.3 Å². The van der Waals surface area contributed by atoms with Gasteiger partial charge in [-0.15, -0.1) is 0 Å². The van der Waals surface area contributed by atoms with Gasteiger partial charge in [-0.25, -0.2) is 9.07 Å². The van der Waals surface area contributed by atoms with Crippen molar-refractivity contribution in [1.29, 1.82) is 0 Å². The number of nitrogens with zero attached hydrogens (tertiary/aromatic N) is 3. The Hall–Kier alpha value is -3.72. The number of hydrogen-bond donors (Lipinski definition) is 3. The van der Waals surface area contributed by atoms with Crippen molar-refractivity contribution in [3.05, 3.63) is 77.9 Å². The average Bonchev–Trinajstić information content (AvgIpc) is 3.45.